The number of benzene rings is 2. The predicted molar refractivity (Wildman–Crippen MR) is 108 cm³/mol. The van der Waals surface area contributed by atoms with E-state index in [4.69, 9.17) is 0 Å². The minimum Gasteiger partial charge on any atom is -0.368 e. The first kappa shape index (κ1) is 19.4. The summed E-state index contributed by atoms with van der Waals surface area (Å²) in [5.41, 5.74) is 1.01. The van der Waals surface area contributed by atoms with E-state index in [-0.39, 0.29) is 17.4 Å². The number of hydrogen-bond acceptors (Lipinski definition) is 4. The molecule has 6 nitrogen and oxygen atoms in total. The van der Waals surface area contributed by atoms with Gasteiger partial charge < -0.3 is 9.80 Å². The van der Waals surface area contributed by atoms with Crippen LogP contribution in [0.3, 0.4) is 0 Å². The summed E-state index contributed by atoms with van der Waals surface area (Å²) in [5, 5.41) is 11.0. The van der Waals surface area contributed by atoms with Crippen LogP contribution in [0.4, 0.5) is 15.8 Å². The zero-order valence-corrected chi connectivity index (χ0v) is 16.2. The maximum absolute atomic E-state index is 13.8. The third-order valence-corrected chi connectivity index (χ3v) is 6.22. The van der Waals surface area contributed by atoms with Crippen molar-refractivity contribution in [3.8, 4) is 0 Å². The number of carbonyl (C=O) groups is 1. The summed E-state index contributed by atoms with van der Waals surface area (Å²) in [6, 6.07) is 13.0. The zero-order chi connectivity index (χ0) is 20.4. The van der Waals surface area contributed by atoms with Gasteiger partial charge in [-0.1, -0.05) is 31.0 Å². The SMILES string of the molecule is O=C(N1CCN(c2cccc([N+](=O)[O-])c2)CC1)C1(c2cccc(F)c2)CCCC1. The molecule has 29 heavy (non-hydrogen) atoms. The summed E-state index contributed by atoms with van der Waals surface area (Å²) in [5.74, 6) is -0.226. The van der Waals surface area contributed by atoms with Crippen molar-refractivity contribution in [2.24, 2.45) is 0 Å². The summed E-state index contributed by atoms with van der Waals surface area (Å²) >= 11 is 0. The number of nitrogens with zero attached hydrogens (tertiary/aromatic N) is 3. The molecule has 1 aliphatic carbocycles. The van der Waals surface area contributed by atoms with Crippen LogP contribution in [0.1, 0.15) is 31.2 Å². The highest BCUT2D eigenvalue weighted by Gasteiger charge is 2.45. The molecule has 152 valence electrons. The predicted octanol–water partition coefficient (Wildman–Crippen LogP) is 3.89. The second kappa shape index (κ2) is 7.81. The average Bonchev–Trinajstić information content (AvgIpc) is 3.25. The molecule has 1 aliphatic heterocycles. The Balaban J connectivity index is 1.49. The number of anilines is 1. The first-order valence-corrected chi connectivity index (χ1v) is 10.0. The van der Waals surface area contributed by atoms with Crippen LogP contribution in [0.25, 0.3) is 0 Å². The normalized spacial score (nSPS) is 18.7. The molecule has 2 aromatic carbocycles. The smallest absolute Gasteiger partial charge is 0.271 e. The van der Waals surface area contributed by atoms with Crippen LogP contribution in [-0.2, 0) is 10.2 Å². The van der Waals surface area contributed by atoms with Crippen LogP contribution in [0.5, 0.6) is 0 Å². The number of amides is 1. The molecule has 2 aromatic rings. The van der Waals surface area contributed by atoms with E-state index in [1.807, 2.05) is 17.0 Å². The number of rotatable bonds is 4. The van der Waals surface area contributed by atoms with Gasteiger partial charge in [-0.15, -0.1) is 0 Å². The molecule has 1 amide bonds. The fourth-order valence-corrected chi connectivity index (χ4v) is 4.66. The second-order valence-corrected chi connectivity index (χ2v) is 7.86. The van der Waals surface area contributed by atoms with Crippen molar-refractivity contribution in [3.05, 3.63) is 70.0 Å². The van der Waals surface area contributed by atoms with Crippen molar-refractivity contribution < 1.29 is 14.1 Å². The zero-order valence-electron chi connectivity index (χ0n) is 16.2. The van der Waals surface area contributed by atoms with E-state index in [2.05, 4.69) is 4.90 Å². The van der Waals surface area contributed by atoms with Crippen molar-refractivity contribution >= 4 is 17.3 Å². The first-order valence-electron chi connectivity index (χ1n) is 10.0. The van der Waals surface area contributed by atoms with Gasteiger partial charge in [-0.2, -0.15) is 0 Å². The summed E-state index contributed by atoms with van der Waals surface area (Å²) in [7, 11) is 0. The molecule has 0 bridgehead atoms. The van der Waals surface area contributed by atoms with Crippen LogP contribution in [0.15, 0.2) is 48.5 Å². The summed E-state index contributed by atoms with van der Waals surface area (Å²) in [6.07, 6.45) is 3.44. The summed E-state index contributed by atoms with van der Waals surface area (Å²) < 4.78 is 13.8. The lowest BCUT2D eigenvalue weighted by Crippen LogP contribution is -2.54. The molecular weight excluding hydrogens is 373 g/mol. The second-order valence-electron chi connectivity index (χ2n) is 7.86. The quantitative estimate of drug-likeness (QED) is 0.580. The van der Waals surface area contributed by atoms with Crippen molar-refractivity contribution in [3.63, 3.8) is 0 Å². The Morgan fingerprint density at radius 2 is 1.69 bits per heavy atom. The number of carbonyl (C=O) groups excluding carboxylic acids is 1. The lowest BCUT2D eigenvalue weighted by atomic mass is 9.77. The van der Waals surface area contributed by atoms with E-state index in [1.54, 1.807) is 18.2 Å². The van der Waals surface area contributed by atoms with Crippen LogP contribution in [0, 0.1) is 15.9 Å². The largest absolute Gasteiger partial charge is 0.368 e. The van der Waals surface area contributed by atoms with Crippen LogP contribution >= 0.6 is 0 Å². The fraction of sp³-hybridized carbons (Fsp3) is 0.409. The minimum atomic E-state index is -0.629. The molecule has 0 spiro atoms. The molecule has 1 heterocycles. The van der Waals surface area contributed by atoms with E-state index in [0.29, 0.717) is 26.2 Å². The molecule has 7 heteroatoms. The standard InChI is InChI=1S/C22H24FN3O3/c23-18-6-3-5-17(15-18)22(9-1-2-10-22)21(27)25-13-11-24(12-14-25)19-7-4-8-20(16-19)26(28)29/h3-8,15-16H,1-2,9-14H2. The maximum Gasteiger partial charge on any atom is 0.271 e. The molecule has 2 aliphatic rings. The molecule has 1 saturated heterocycles. The lowest BCUT2D eigenvalue weighted by molar-refractivity contribution is -0.384. The van der Waals surface area contributed by atoms with Gasteiger partial charge in [0.15, 0.2) is 0 Å². The Morgan fingerprint density at radius 3 is 2.34 bits per heavy atom. The van der Waals surface area contributed by atoms with Gasteiger partial charge in [0.2, 0.25) is 5.91 Å². The molecular formula is C22H24FN3O3. The lowest BCUT2D eigenvalue weighted by Gasteiger charge is -2.40. The number of nitro benzene ring substituents is 1. The van der Waals surface area contributed by atoms with Gasteiger partial charge in [0.05, 0.1) is 10.3 Å². The van der Waals surface area contributed by atoms with E-state index in [1.165, 1.54) is 18.2 Å². The Kier molecular flexibility index (Phi) is 5.22. The van der Waals surface area contributed by atoms with Crippen LogP contribution in [0.2, 0.25) is 0 Å². The van der Waals surface area contributed by atoms with Crippen molar-refractivity contribution in [1.82, 2.24) is 4.90 Å². The molecule has 0 radical (unpaired) electrons. The Morgan fingerprint density at radius 1 is 1.00 bits per heavy atom. The number of halogens is 1. The first-order chi connectivity index (χ1) is 14.0. The van der Waals surface area contributed by atoms with Crippen LogP contribution < -0.4 is 4.90 Å². The van der Waals surface area contributed by atoms with E-state index in [0.717, 1.165) is 36.9 Å². The number of hydrogen-bond donors (Lipinski definition) is 0. The molecule has 2 fully saturated rings. The summed E-state index contributed by atoms with van der Waals surface area (Å²) in [6.45, 7) is 2.34. The number of piperazine rings is 1. The average molecular weight is 397 g/mol. The number of nitro groups is 1. The maximum atomic E-state index is 13.8. The van der Waals surface area contributed by atoms with E-state index < -0.39 is 10.3 Å². The van der Waals surface area contributed by atoms with Crippen molar-refractivity contribution in [2.75, 3.05) is 31.1 Å². The Bertz CT molecular complexity index is 919. The van der Waals surface area contributed by atoms with Gasteiger partial charge in [-0.05, 0) is 36.6 Å². The minimum absolute atomic E-state index is 0.0667. The van der Waals surface area contributed by atoms with E-state index >= 15 is 0 Å². The van der Waals surface area contributed by atoms with Gasteiger partial charge in [0.1, 0.15) is 5.82 Å². The molecule has 0 N–H and O–H groups in total. The molecule has 0 aromatic heterocycles. The molecule has 0 unspecified atom stereocenters. The van der Waals surface area contributed by atoms with Gasteiger partial charge in [-0.3, -0.25) is 14.9 Å². The molecule has 0 atom stereocenters. The van der Waals surface area contributed by atoms with Gasteiger partial charge >= 0.3 is 0 Å². The fourth-order valence-electron chi connectivity index (χ4n) is 4.66. The third kappa shape index (κ3) is 3.69. The van der Waals surface area contributed by atoms with Crippen LogP contribution in [-0.4, -0.2) is 41.9 Å². The Labute approximate surface area is 169 Å². The van der Waals surface area contributed by atoms with Gasteiger partial charge in [0, 0.05) is 44.0 Å². The number of non-ortho nitro benzene ring substituents is 1. The van der Waals surface area contributed by atoms with Crippen molar-refractivity contribution in [1.29, 1.82) is 0 Å². The molecule has 1 saturated carbocycles. The van der Waals surface area contributed by atoms with Gasteiger partial charge in [-0.25, -0.2) is 4.39 Å². The summed E-state index contributed by atoms with van der Waals surface area (Å²) in [4.78, 5) is 28.1. The van der Waals surface area contributed by atoms with E-state index in [9.17, 15) is 19.3 Å². The topological polar surface area (TPSA) is 66.7 Å². The monoisotopic (exact) mass is 397 g/mol. The Hall–Kier alpha value is -2.96. The van der Waals surface area contributed by atoms with Crippen molar-refractivity contribution in [2.45, 2.75) is 31.1 Å². The molecule has 4 rings (SSSR count). The van der Waals surface area contributed by atoms with Gasteiger partial charge in [0.25, 0.3) is 5.69 Å². The highest BCUT2D eigenvalue weighted by Crippen LogP contribution is 2.43. The third-order valence-electron chi connectivity index (χ3n) is 6.22. The highest BCUT2D eigenvalue weighted by molar-refractivity contribution is 5.89. The highest BCUT2D eigenvalue weighted by atomic mass is 19.1.